The number of carbonyl (C=O) groups is 1. The Morgan fingerprint density at radius 3 is 2.44 bits per heavy atom. The van der Waals surface area contributed by atoms with Crippen molar-refractivity contribution in [2.24, 2.45) is 5.92 Å². The van der Waals surface area contributed by atoms with Crippen LogP contribution in [-0.2, 0) is 9.53 Å². The van der Waals surface area contributed by atoms with Gasteiger partial charge in [0, 0.05) is 6.42 Å². The average molecular weight is 282 g/mol. The zero-order valence-corrected chi connectivity index (χ0v) is 12.3. The van der Waals surface area contributed by atoms with Crippen LogP contribution in [0, 0.1) is 5.92 Å². The highest BCUT2D eigenvalue weighted by molar-refractivity contribution is 8.00. The Morgan fingerprint density at radius 1 is 1.28 bits per heavy atom. The van der Waals surface area contributed by atoms with Gasteiger partial charge in [0.05, 0.1) is 6.61 Å². The Balaban J connectivity index is 3.90. The smallest absolute Gasteiger partial charge is 0.319 e. The summed E-state index contributed by atoms with van der Waals surface area (Å²) >= 11 is 1.53. The molecule has 1 unspecified atom stereocenters. The van der Waals surface area contributed by atoms with Gasteiger partial charge in [-0.05, 0) is 37.9 Å². The van der Waals surface area contributed by atoms with E-state index in [9.17, 15) is 13.6 Å². The van der Waals surface area contributed by atoms with Crippen LogP contribution in [0.3, 0.4) is 0 Å². The van der Waals surface area contributed by atoms with Gasteiger partial charge in [-0.2, -0.15) is 0 Å². The van der Waals surface area contributed by atoms with E-state index in [1.165, 1.54) is 11.8 Å². The van der Waals surface area contributed by atoms with Crippen molar-refractivity contribution in [1.82, 2.24) is 0 Å². The van der Waals surface area contributed by atoms with E-state index >= 15 is 0 Å². The van der Waals surface area contributed by atoms with E-state index in [4.69, 9.17) is 4.74 Å². The molecule has 0 aromatic rings. The summed E-state index contributed by atoms with van der Waals surface area (Å²) in [4.78, 5) is 11.7. The zero-order chi connectivity index (χ0) is 14.0. The Hall–Kier alpha value is -0.320. The minimum atomic E-state index is -2.22. The van der Waals surface area contributed by atoms with Crippen LogP contribution in [-0.4, -0.2) is 30.0 Å². The molecular weight excluding hydrogens is 258 g/mol. The first-order chi connectivity index (χ1) is 8.47. The molecule has 0 fully saturated rings. The Labute approximate surface area is 113 Å². The molecule has 0 bridgehead atoms. The standard InChI is InChI=1S/C13H24F2O2S/c1-4-17-13(16)11(9-10(2)3)18-8-6-5-7-12(14)15/h10-12H,4-9H2,1-3H3. The second-order valence-electron chi connectivity index (χ2n) is 4.63. The molecule has 0 radical (unpaired) electrons. The molecule has 2 nitrogen and oxygen atoms in total. The predicted octanol–water partition coefficient (Wildman–Crippen LogP) is 4.13. The van der Waals surface area contributed by atoms with Gasteiger partial charge in [0.15, 0.2) is 0 Å². The quantitative estimate of drug-likeness (QED) is 0.445. The lowest BCUT2D eigenvalue weighted by Crippen LogP contribution is -2.22. The molecule has 0 aliphatic rings. The SMILES string of the molecule is CCOC(=O)C(CC(C)C)SCCCCC(F)F. The normalized spacial score (nSPS) is 13.1. The minimum Gasteiger partial charge on any atom is -0.465 e. The molecule has 18 heavy (non-hydrogen) atoms. The van der Waals surface area contributed by atoms with Crippen molar-refractivity contribution in [3.8, 4) is 0 Å². The van der Waals surface area contributed by atoms with Crippen LogP contribution < -0.4 is 0 Å². The Bertz CT molecular complexity index is 223. The topological polar surface area (TPSA) is 26.3 Å². The van der Waals surface area contributed by atoms with E-state index in [1.54, 1.807) is 6.92 Å². The van der Waals surface area contributed by atoms with Crippen molar-refractivity contribution in [3.05, 3.63) is 0 Å². The van der Waals surface area contributed by atoms with Crippen LogP contribution in [0.2, 0.25) is 0 Å². The van der Waals surface area contributed by atoms with Gasteiger partial charge in [-0.15, -0.1) is 11.8 Å². The summed E-state index contributed by atoms with van der Waals surface area (Å²) in [7, 11) is 0. The lowest BCUT2D eigenvalue weighted by molar-refractivity contribution is -0.142. The lowest BCUT2D eigenvalue weighted by Gasteiger charge is -2.17. The number of carbonyl (C=O) groups excluding carboxylic acids is 1. The summed E-state index contributed by atoms with van der Waals surface area (Å²) in [6.45, 7) is 6.30. The van der Waals surface area contributed by atoms with Gasteiger partial charge in [0.25, 0.3) is 0 Å². The third kappa shape index (κ3) is 9.68. The fourth-order valence-electron chi connectivity index (χ4n) is 1.52. The first kappa shape index (κ1) is 17.7. The number of rotatable bonds is 10. The Kier molecular flexibility index (Phi) is 10.4. The largest absolute Gasteiger partial charge is 0.465 e. The van der Waals surface area contributed by atoms with Crippen molar-refractivity contribution in [2.45, 2.75) is 58.1 Å². The van der Waals surface area contributed by atoms with Crippen LogP contribution >= 0.6 is 11.8 Å². The number of unbranched alkanes of at least 4 members (excludes halogenated alkanes) is 1. The fourth-order valence-corrected chi connectivity index (χ4v) is 2.90. The number of halogens is 2. The zero-order valence-electron chi connectivity index (χ0n) is 11.5. The highest BCUT2D eigenvalue weighted by Crippen LogP contribution is 2.22. The first-order valence-electron chi connectivity index (χ1n) is 6.53. The van der Waals surface area contributed by atoms with Gasteiger partial charge >= 0.3 is 5.97 Å². The maximum Gasteiger partial charge on any atom is 0.319 e. The maximum atomic E-state index is 11.9. The maximum absolute atomic E-state index is 11.9. The molecule has 0 rings (SSSR count). The van der Waals surface area contributed by atoms with Gasteiger partial charge < -0.3 is 4.74 Å². The van der Waals surface area contributed by atoms with E-state index in [0.717, 1.165) is 18.6 Å². The molecular formula is C13H24F2O2S. The van der Waals surface area contributed by atoms with Crippen molar-refractivity contribution in [1.29, 1.82) is 0 Å². The summed E-state index contributed by atoms with van der Waals surface area (Å²) in [6.07, 6.45) is -0.246. The first-order valence-corrected chi connectivity index (χ1v) is 7.58. The number of hydrogen-bond donors (Lipinski definition) is 0. The third-order valence-electron chi connectivity index (χ3n) is 2.37. The molecule has 0 aliphatic heterocycles. The number of ether oxygens (including phenoxy) is 1. The monoisotopic (exact) mass is 282 g/mol. The molecule has 0 aromatic heterocycles. The number of alkyl halides is 2. The summed E-state index contributed by atoms with van der Waals surface area (Å²) in [5.74, 6) is 0.987. The van der Waals surface area contributed by atoms with Crippen LogP contribution in [0.4, 0.5) is 8.78 Å². The summed E-state index contributed by atoms with van der Waals surface area (Å²) < 4.78 is 28.9. The molecule has 0 saturated carbocycles. The van der Waals surface area contributed by atoms with E-state index in [1.807, 2.05) is 0 Å². The van der Waals surface area contributed by atoms with Crippen molar-refractivity contribution in [3.63, 3.8) is 0 Å². The van der Waals surface area contributed by atoms with E-state index in [-0.39, 0.29) is 17.6 Å². The number of hydrogen-bond acceptors (Lipinski definition) is 3. The number of esters is 1. The molecule has 0 saturated heterocycles. The highest BCUT2D eigenvalue weighted by atomic mass is 32.2. The fraction of sp³-hybridized carbons (Fsp3) is 0.923. The molecule has 0 heterocycles. The summed E-state index contributed by atoms with van der Waals surface area (Å²) in [5.41, 5.74) is 0. The molecule has 0 aromatic carbocycles. The van der Waals surface area contributed by atoms with E-state index in [2.05, 4.69) is 13.8 Å². The van der Waals surface area contributed by atoms with Gasteiger partial charge in [-0.3, -0.25) is 4.79 Å². The van der Waals surface area contributed by atoms with Crippen molar-refractivity contribution < 1.29 is 18.3 Å². The molecule has 0 spiro atoms. The van der Waals surface area contributed by atoms with Crippen molar-refractivity contribution >= 4 is 17.7 Å². The summed E-state index contributed by atoms with van der Waals surface area (Å²) in [6, 6.07) is 0. The second-order valence-corrected chi connectivity index (χ2v) is 5.94. The molecule has 108 valence electrons. The average Bonchev–Trinajstić information content (AvgIpc) is 2.26. The van der Waals surface area contributed by atoms with E-state index < -0.39 is 6.43 Å². The lowest BCUT2D eigenvalue weighted by atomic mass is 10.1. The summed E-state index contributed by atoms with van der Waals surface area (Å²) in [5, 5.41) is -0.156. The molecule has 5 heteroatoms. The van der Waals surface area contributed by atoms with Crippen LogP contribution in [0.1, 0.15) is 46.5 Å². The molecule has 0 aliphatic carbocycles. The van der Waals surface area contributed by atoms with Crippen LogP contribution in [0.5, 0.6) is 0 Å². The molecule has 0 N–H and O–H groups in total. The van der Waals surface area contributed by atoms with Crippen molar-refractivity contribution in [2.75, 3.05) is 12.4 Å². The molecule has 1 atom stereocenters. The van der Waals surface area contributed by atoms with Gasteiger partial charge in [0.2, 0.25) is 6.43 Å². The number of thioether (sulfide) groups is 1. The third-order valence-corrected chi connectivity index (χ3v) is 3.68. The highest BCUT2D eigenvalue weighted by Gasteiger charge is 2.21. The van der Waals surface area contributed by atoms with Gasteiger partial charge in [0.1, 0.15) is 5.25 Å². The van der Waals surface area contributed by atoms with Crippen LogP contribution in [0.15, 0.2) is 0 Å². The van der Waals surface area contributed by atoms with Gasteiger partial charge in [-0.25, -0.2) is 8.78 Å². The van der Waals surface area contributed by atoms with Crippen LogP contribution in [0.25, 0.3) is 0 Å². The van der Waals surface area contributed by atoms with E-state index in [0.29, 0.717) is 18.9 Å². The van der Waals surface area contributed by atoms with Gasteiger partial charge in [-0.1, -0.05) is 13.8 Å². The second kappa shape index (κ2) is 10.6. The molecule has 0 amide bonds. The minimum absolute atomic E-state index is 0.0468. The Morgan fingerprint density at radius 2 is 1.94 bits per heavy atom. The predicted molar refractivity (Wildman–Crippen MR) is 72.2 cm³/mol.